The van der Waals surface area contributed by atoms with E-state index in [1.807, 2.05) is 20.8 Å². The number of halogens is 1. The molecule has 4 aromatic rings. The van der Waals surface area contributed by atoms with Crippen molar-refractivity contribution in [1.29, 1.82) is 0 Å². The van der Waals surface area contributed by atoms with E-state index in [9.17, 15) is 14.0 Å². The summed E-state index contributed by atoms with van der Waals surface area (Å²) in [7, 11) is 1.47. The highest BCUT2D eigenvalue weighted by Crippen LogP contribution is 2.30. The zero-order valence-electron chi connectivity index (χ0n) is 21.7. The van der Waals surface area contributed by atoms with Crippen LogP contribution >= 0.6 is 0 Å². The molecule has 12 heteroatoms. The minimum Gasteiger partial charge on any atom is -0.497 e. The smallest absolute Gasteiger partial charge is 0.410 e. The van der Waals surface area contributed by atoms with Gasteiger partial charge < -0.3 is 23.9 Å². The largest absolute Gasteiger partial charge is 0.497 e. The van der Waals surface area contributed by atoms with Crippen LogP contribution in [0.5, 0.6) is 5.75 Å². The van der Waals surface area contributed by atoms with E-state index in [0.29, 0.717) is 48.5 Å². The normalized spacial score (nSPS) is 14.7. The fraction of sp³-hybridized carbons (Fsp3) is 0.423. The van der Waals surface area contributed by atoms with Crippen LogP contribution in [0.2, 0.25) is 0 Å². The summed E-state index contributed by atoms with van der Waals surface area (Å²) < 4.78 is 31.9. The van der Waals surface area contributed by atoms with Gasteiger partial charge in [0.1, 0.15) is 22.8 Å². The van der Waals surface area contributed by atoms with Crippen LogP contribution in [0.25, 0.3) is 17.0 Å². The average molecular weight is 525 g/mol. The average Bonchev–Trinajstić information content (AvgIpc) is 3.50. The predicted molar refractivity (Wildman–Crippen MR) is 135 cm³/mol. The monoisotopic (exact) mass is 524 g/mol. The van der Waals surface area contributed by atoms with E-state index in [1.54, 1.807) is 27.7 Å². The number of methoxy groups -OCH3 is 1. The van der Waals surface area contributed by atoms with Crippen LogP contribution in [0.15, 0.2) is 39.8 Å². The summed E-state index contributed by atoms with van der Waals surface area (Å²) in [5, 5.41) is 8.52. The van der Waals surface area contributed by atoms with Crippen LogP contribution in [-0.4, -0.2) is 61.5 Å². The molecule has 0 unspecified atom stereocenters. The van der Waals surface area contributed by atoms with E-state index < -0.39 is 11.4 Å². The maximum absolute atomic E-state index is 14.4. The molecule has 3 aromatic heterocycles. The number of benzene rings is 1. The maximum Gasteiger partial charge on any atom is 0.410 e. The molecule has 1 fully saturated rings. The molecule has 0 spiro atoms. The highest BCUT2D eigenvalue weighted by Gasteiger charge is 2.29. The van der Waals surface area contributed by atoms with Crippen LogP contribution in [0.3, 0.4) is 0 Å². The summed E-state index contributed by atoms with van der Waals surface area (Å²) in [6.07, 6.45) is 2.64. The minimum absolute atomic E-state index is 0.0186. The van der Waals surface area contributed by atoms with Gasteiger partial charge in [-0.25, -0.2) is 13.7 Å². The topological polar surface area (TPSA) is 128 Å². The van der Waals surface area contributed by atoms with Gasteiger partial charge in [0.25, 0.3) is 5.56 Å². The number of aromatic amines is 1. The first-order valence-corrected chi connectivity index (χ1v) is 12.4. The van der Waals surface area contributed by atoms with Crippen molar-refractivity contribution in [3.05, 3.63) is 63.8 Å². The molecule has 4 heterocycles. The second-order valence-electron chi connectivity index (χ2n) is 10.3. The number of piperidine rings is 1. The molecule has 38 heavy (non-hydrogen) atoms. The van der Waals surface area contributed by atoms with Gasteiger partial charge in [0.2, 0.25) is 11.7 Å². The van der Waals surface area contributed by atoms with Crippen LogP contribution in [-0.2, 0) is 11.2 Å². The van der Waals surface area contributed by atoms with Crippen molar-refractivity contribution in [1.82, 2.24) is 29.6 Å². The van der Waals surface area contributed by atoms with Crippen molar-refractivity contribution < 1.29 is 23.2 Å². The van der Waals surface area contributed by atoms with E-state index in [1.165, 1.54) is 19.2 Å². The molecule has 1 aromatic carbocycles. The molecule has 0 saturated carbocycles. The maximum atomic E-state index is 14.4. The molecule has 0 aliphatic carbocycles. The number of fused-ring (bicyclic) bond motifs is 1. The van der Waals surface area contributed by atoms with Gasteiger partial charge in [-0.15, -0.1) is 0 Å². The molecule has 1 saturated heterocycles. The van der Waals surface area contributed by atoms with Crippen molar-refractivity contribution in [3.8, 4) is 17.1 Å². The second kappa shape index (κ2) is 9.92. The number of nitrogens with one attached hydrogen (secondary N) is 1. The fourth-order valence-corrected chi connectivity index (χ4v) is 4.55. The zero-order chi connectivity index (χ0) is 27.0. The number of aromatic nitrogens is 5. The summed E-state index contributed by atoms with van der Waals surface area (Å²) >= 11 is 0. The van der Waals surface area contributed by atoms with Gasteiger partial charge in [-0.05, 0) is 45.2 Å². The van der Waals surface area contributed by atoms with Crippen molar-refractivity contribution in [2.24, 2.45) is 0 Å². The Hall–Kier alpha value is -4.22. The summed E-state index contributed by atoms with van der Waals surface area (Å²) in [6.45, 7) is 6.54. The third-order valence-electron chi connectivity index (χ3n) is 6.41. The number of amides is 1. The summed E-state index contributed by atoms with van der Waals surface area (Å²) in [6, 6.07) is 6.09. The zero-order valence-corrected chi connectivity index (χ0v) is 21.7. The lowest BCUT2D eigenvalue weighted by molar-refractivity contribution is 0.0203. The summed E-state index contributed by atoms with van der Waals surface area (Å²) in [5.41, 5.74) is 1.20. The number of H-pyrrole nitrogens is 1. The number of rotatable bonds is 5. The molecule has 5 rings (SSSR count). The summed E-state index contributed by atoms with van der Waals surface area (Å²) in [4.78, 5) is 33.9. The Kier molecular flexibility index (Phi) is 6.64. The van der Waals surface area contributed by atoms with Crippen LogP contribution in [0.4, 0.5) is 9.18 Å². The third-order valence-corrected chi connectivity index (χ3v) is 6.41. The second-order valence-corrected chi connectivity index (χ2v) is 10.3. The Morgan fingerprint density at radius 1 is 1.24 bits per heavy atom. The number of nitrogens with zero attached hydrogens (tertiary/aromatic N) is 5. The lowest BCUT2D eigenvalue weighted by Crippen LogP contribution is -2.41. The first-order valence-electron chi connectivity index (χ1n) is 12.4. The van der Waals surface area contributed by atoms with E-state index in [-0.39, 0.29) is 35.7 Å². The SMILES string of the molecule is COc1ccc(Cc2nc(-c3cnn4c(C5CCN(C(=O)OC(C)(C)C)CC5)cc(=O)[nH]c34)no2)c(F)c1. The lowest BCUT2D eigenvalue weighted by Gasteiger charge is -2.33. The number of hydrogen-bond acceptors (Lipinski definition) is 8. The van der Waals surface area contributed by atoms with E-state index >= 15 is 0 Å². The molecule has 1 aliphatic heterocycles. The van der Waals surface area contributed by atoms with E-state index in [4.69, 9.17) is 14.0 Å². The molecular formula is C26H29FN6O5. The number of ether oxygens (including phenoxy) is 2. The molecule has 200 valence electrons. The van der Waals surface area contributed by atoms with Crippen LogP contribution < -0.4 is 10.3 Å². The summed E-state index contributed by atoms with van der Waals surface area (Å²) in [5.74, 6) is 0.448. The Morgan fingerprint density at radius 3 is 2.68 bits per heavy atom. The van der Waals surface area contributed by atoms with Crippen molar-refractivity contribution in [2.45, 2.75) is 51.6 Å². The standard InChI is InChI=1S/C26H29FN6O5/c1-26(2,3)37-25(35)32-9-7-15(8-10-32)20-13-21(34)29-24-18(14-28-33(20)24)23-30-22(38-31-23)11-16-5-6-17(36-4)12-19(16)27/h5-6,12-15H,7-11H2,1-4H3,(H,29,34). The van der Waals surface area contributed by atoms with Gasteiger partial charge in [0, 0.05) is 31.1 Å². The van der Waals surface area contributed by atoms with E-state index in [0.717, 1.165) is 5.69 Å². The minimum atomic E-state index is -0.559. The van der Waals surface area contributed by atoms with Crippen molar-refractivity contribution in [2.75, 3.05) is 20.2 Å². The van der Waals surface area contributed by atoms with Gasteiger partial charge in [-0.3, -0.25) is 4.79 Å². The van der Waals surface area contributed by atoms with E-state index in [2.05, 4.69) is 20.2 Å². The van der Waals surface area contributed by atoms with Gasteiger partial charge in [-0.2, -0.15) is 10.1 Å². The number of carbonyl (C=O) groups is 1. The third kappa shape index (κ3) is 5.24. The highest BCUT2D eigenvalue weighted by atomic mass is 19.1. The Labute approximate surface area is 217 Å². The van der Waals surface area contributed by atoms with Gasteiger partial charge in [0.05, 0.1) is 31.0 Å². The first-order chi connectivity index (χ1) is 18.1. The molecule has 11 nitrogen and oxygen atoms in total. The van der Waals surface area contributed by atoms with Gasteiger partial charge in [-0.1, -0.05) is 11.2 Å². The Bertz CT molecular complexity index is 1530. The van der Waals surface area contributed by atoms with Crippen molar-refractivity contribution in [3.63, 3.8) is 0 Å². The van der Waals surface area contributed by atoms with Crippen LogP contribution in [0.1, 0.15) is 56.7 Å². The van der Waals surface area contributed by atoms with Gasteiger partial charge >= 0.3 is 6.09 Å². The quantitative estimate of drug-likeness (QED) is 0.416. The van der Waals surface area contributed by atoms with Gasteiger partial charge in [0.15, 0.2) is 0 Å². The first kappa shape index (κ1) is 25.4. The molecule has 0 atom stereocenters. The van der Waals surface area contributed by atoms with Crippen molar-refractivity contribution >= 4 is 11.7 Å². The number of hydrogen-bond donors (Lipinski definition) is 1. The molecule has 1 N–H and O–H groups in total. The lowest BCUT2D eigenvalue weighted by atomic mass is 9.93. The molecule has 0 bridgehead atoms. The Morgan fingerprint density at radius 2 is 2.00 bits per heavy atom. The Balaban J connectivity index is 1.36. The predicted octanol–water partition coefficient (Wildman–Crippen LogP) is 3.93. The van der Waals surface area contributed by atoms with Crippen LogP contribution in [0, 0.1) is 5.82 Å². The highest BCUT2D eigenvalue weighted by molar-refractivity contribution is 5.72. The number of likely N-dealkylation sites (tertiary alicyclic amines) is 1. The molecular weight excluding hydrogens is 495 g/mol. The number of carbonyl (C=O) groups excluding carboxylic acids is 1. The molecule has 0 radical (unpaired) electrons. The molecule has 1 amide bonds. The fourth-order valence-electron chi connectivity index (χ4n) is 4.55. The molecule has 1 aliphatic rings.